The third-order valence-electron chi connectivity index (χ3n) is 5.86. The number of carbonyl (C=O) groups excluding carboxylic acids is 1. The number of hydrogen-bond acceptors (Lipinski definition) is 3. The molecular formula is C28H30N4O. The predicted octanol–water partition coefficient (Wildman–Crippen LogP) is 4.86. The van der Waals surface area contributed by atoms with Crippen molar-refractivity contribution >= 4 is 5.91 Å². The van der Waals surface area contributed by atoms with Crippen LogP contribution in [0.2, 0.25) is 0 Å². The Morgan fingerprint density at radius 1 is 0.848 bits per heavy atom. The summed E-state index contributed by atoms with van der Waals surface area (Å²) in [5.74, 6) is 1.40. The lowest BCUT2D eigenvalue weighted by molar-refractivity contribution is -0.121. The Labute approximate surface area is 195 Å². The van der Waals surface area contributed by atoms with Crippen LogP contribution in [0.3, 0.4) is 0 Å². The first-order valence-corrected chi connectivity index (χ1v) is 11.6. The monoisotopic (exact) mass is 438 g/mol. The molecule has 0 bridgehead atoms. The number of carbonyl (C=O) groups is 1. The molecule has 0 unspecified atom stereocenters. The van der Waals surface area contributed by atoms with Gasteiger partial charge in [-0.15, -0.1) is 0 Å². The third-order valence-corrected chi connectivity index (χ3v) is 5.86. The van der Waals surface area contributed by atoms with Crippen LogP contribution in [0.4, 0.5) is 0 Å². The number of hydrogen-bond donors (Lipinski definition) is 2. The molecule has 33 heavy (non-hydrogen) atoms. The lowest BCUT2D eigenvalue weighted by atomic mass is 9.87. The molecule has 4 rings (SSSR count). The highest BCUT2D eigenvalue weighted by Crippen LogP contribution is 2.28. The molecule has 1 amide bonds. The maximum atomic E-state index is 12.1. The summed E-state index contributed by atoms with van der Waals surface area (Å²) in [4.78, 5) is 24.1. The quantitative estimate of drug-likeness (QED) is 0.351. The van der Waals surface area contributed by atoms with E-state index in [1.165, 1.54) is 11.1 Å². The van der Waals surface area contributed by atoms with Crippen molar-refractivity contribution in [3.8, 4) is 0 Å². The van der Waals surface area contributed by atoms with Crippen molar-refractivity contribution < 1.29 is 4.79 Å². The Bertz CT molecular complexity index is 1070. The molecule has 0 spiro atoms. The number of nitrogens with zero attached hydrogens (tertiary/aromatic N) is 2. The summed E-state index contributed by atoms with van der Waals surface area (Å²) in [5.41, 5.74) is 4.83. The number of aromatic nitrogens is 3. The van der Waals surface area contributed by atoms with Gasteiger partial charge in [0.2, 0.25) is 5.91 Å². The second kappa shape index (κ2) is 11.8. The zero-order valence-corrected chi connectivity index (χ0v) is 18.8. The van der Waals surface area contributed by atoms with Crippen molar-refractivity contribution in [1.82, 2.24) is 20.3 Å². The van der Waals surface area contributed by atoms with Crippen LogP contribution in [0.25, 0.3) is 0 Å². The van der Waals surface area contributed by atoms with Crippen LogP contribution in [0.1, 0.15) is 47.0 Å². The normalized spacial score (nSPS) is 10.9. The average molecular weight is 439 g/mol. The Morgan fingerprint density at radius 2 is 1.52 bits per heavy atom. The zero-order chi connectivity index (χ0) is 22.7. The van der Waals surface area contributed by atoms with Gasteiger partial charge >= 0.3 is 0 Å². The van der Waals surface area contributed by atoms with Crippen molar-refractivity contribution in [3.05, 3.63) is 120 Å². The number of nitrogens with one attached hydrogen (secondary N) is 2. The average Bonchev–Trinajstić information content (AvgIpc) is 3.32. The summed E-state index contributed by atoms with van der Waals surface area (Å²) >= 11 is 0. The van der Waals surface area contributed by atoms with E-state index in [1.54, 1.807) is 12.4 Å². The Morgan fingerprint density at radius 3 is 2.18 bits per heavy atom. The fourth-order valence-electron chi connectivity index (χ4n) is 4.07. The van der Waals surface area contributed by atoms with Crippen LogP contribution in [-0.4, -0.2) is 27.4 Å². The molecule has 2 aromatic carbocycles. The molecular weight excluding hydrogens is 408 g/mol. The number of imidazole rings is 1. The van der Waals surface area contributed by atoms with E-state index in [-0.39, 0.29) is 5.91 Å². The molecule has 0 saturated carbocycles. The minimum atomic E-state index is 0.0696. The zero-order valence-electron chi connectivity index (χ0n) is 18.8. The molecule has 2 heterocycles. The van der Waals surface area contributed by atoms with E-state index in [9.17, 15) is 4.79 Å². The van der Waals surface area contributed by atoms with Gasteiger partial charge in [-0.2, -0.15) is 0 Å². The number of rotatable bonds is 11. The van der Waals surface area contributed by atoms with E-state index >= 15 is 0 Å². The van der Waals surface area contributed by atoms with Crippen molar-refractivity contribution in [2.45, 2.75) is 38.0 Å². The molecule has 0 aliphatic rings. The van der Waals surface area contributed by atoms with Gasteiger partial charge in [0.05, 0.1) is 0 Å². The smallest absolute Gasteiger partial charge is 0.220 e. The third kappa shape index (κ3) is 6.88. The van der Waals surface area contributed by atoms with Crippen LogP contribution in [0.5, 0.6) is 0 Å². The van der Waals surface area contributed by atoms with Gasteiger partial charge in [0, 0.05) is 56.0 Å². The highest BCUT2D eigenvalue weighted by Gasteiger charge is 2.15. The molecule has 4 aromatic rings. The molecule has 0 aliphatic heterocycles. The first-order valence-electron chi connectivity index (χ1n) is 11.6. The number of aryl methyl sites for hydroxylation is 2. The second-order valence-corrected chi connectivity index (χ2v) is 8.22. The lowest BCUT2D eigenvalue weighted by Gasteiger charge is -2.17. The Balaban J connectivity index is 1.25. The number of benzene rings is 2. The Hall–Kier alpha value is -3.73. The molecule has 2 aromatic heterocycles. The second-order valence-electron chi connectivity index (χ2n) is 8.22. The first-order chi connectivity index (χ1) is 16.3. The molecule has 0 aliphatic carbocycles. The fraction of sp³-hybridized carbons (Fsp3) is 0.250. The molecule has 5 heteroatoms. The van der Waals surface area contributed by atoms with E-state index in [1.807, 2.05) is 18.3 Å². The summed E-state index contributed by atoms with van der Waals surface area (Å²) < 4.78 is 0. The van der Waals surface area contributed by atoms with Crippen molar-refractivity contribution in [3.63, 3.8) is 0 Å². The van der Waals surface area contributed by atoms with E-state index in [4.69, 9.17) is 0 Å². The Kier molecular flexibility index (Phi) is 8.01. The highest BCUT2D eigenvalue weighted by molar-refractivity contribution is 5.76. The van der Waals surface area contributed by atoms with Crippen LogP contribution in [-0.2, 0) is 24.1 Å². The van der Waals surface area contributed by atoms with Crippen LogP contribution < -0.4 is 5.32 Å². The molecule has 0 radical (unpaired) electrons. The van der Waals surface area contributed by atoms with Gasteiger partial charge < -0.3 is 10.3 Å². The van der Waals surface area contributed by atoms with Gasteiger partial charge in [-0.05, 0) is 41.7 Å². The van der Waals surface area contributed by atoms with Gasteiger partial charge in [0.15, 0.2) is 0 Å². The van der Waals surface area contributed by atoms with Crippen molar-refractivity contribution in [2.75, 3.05) is 6.54 Å². The molecule has 0 saturated heterocycles. The molecule has 2 N–H and O–H groups in total. The summed E-state index contributed by atoms with van der Waals surface area (Å²) in [5, 5.41) is 3.00. The molecule has 0 fully saturated rings. The predicted molar refractivity (Wildman–Crippen MR) is 131 cm³/mol. The van der Waals surface area contributed by atoms with E-state index in [0.717, 1.165) is 42.8 Å². The summed E-state index contributed by atoms with van der Waals surface area (Å²) in [7, 11) is 0. The lowest BCUT2D eigenvalue weighted by Crippen LogP contribution is -2.25. The van der Waals surface area contributed by atoms with Crippen LogP contribution in [0.15, 0.2) is 91.4 Å². The maximum Gasteiger partial charge on any atom is 0.220 e. The van der Waals surface area contributed by atoms with Gasteiger partial charge in [0.25, 0.3) is 0 Å². The van der Waals surface area contributed by atoms with Gasteiger partial charge in [-0.1, -0.05) is 60.7 Å². The van der Waals surface area contributed by atoms with Crippen LogP contribution in [0, 0.1) is 0 Å². The van der Waals surface area contributed by atoms with E-state index in [0.29, 0.717) is 18.9 Å². The maximum absolute atomic E-state index is 12.1. The van der Waals surface area contributed by atoms with E-state index < -0.39 is 0 Å². The summed E-state index contributed by atoms with van der Waals surface area (Å²) in [6.07, 6.45) is 9.20. The summed E-state index contributed by atoms with van der Waals surface area (Å²) in [6.45, 7) is 0.605. The van der Waals surface area contributed by atoms with Gasteiger partial charge in [-0.25, -0.2) is 4.98 Å². The minimum Gasteiger partial charge on any atom is -0.356 e. The van der Waals surface area contributed by atoms with Gasteiger partial charge in [0.1, 0.15) is 5.82 Å². The number of amides is 1. The van der Waals surface area contributed by atoms with Crippen molar-refractivity contribution in [2.24, 2.45) is 0 Å². The largest absolute Gasteiger partial charge is 0.356 e. The van der Waals surface area contributed by atoms with Gasteiger partial charge in [-0.3, -0.25) is 9.78 Å². The van der Waals surface area contributed by atoms with Crippen LogP contribution >= 0.6 is 0 Å². The minimum absolute atomic E-state index is 0.0696. The molecule has 0 atom stereocenters. The first kappa shape index (κ1) is 22.5. The fourth-order valence-corrected chi connectivity index (χ4v) is 4.07. The topological polar surface area (TPSA) is 70.7 Å². The van der Waals surface area contributed by atoms with E-state index in [2.05, 4.69) is 80.9 Å². The standard InChI is InChI=1S/C28H30N4O/c33-28(14-11-22-15-18-29-19-16-22)30-20-17-25-21-31-27(32-25)13-12-26(23-7-3-1-4-8-23)24-9-5-2-6-10-24/h1-10,15-16,18-19,21,26H,11-14,17,20H2,(H,30,33)(H,31,32). The van der Waals surface area contributed by atoms with Crippen molar-refractivity contribution in [1.29, 1.82) is 0 Å². The highest BCUT2D eigenvalue weighted by atomic mass is 16.1. The number of aromatic amines is 1. The molecule has 168 valence electrons. The number of pyridine rings is 1. The number of H-pyrrole nitrogens is 1. The molecule has 5 nitrogen and oxygen atoms in total. The summed E-state index contributed by atoms with van der Waals surface area (Å²) in [6, 6.07) is 25.2. The SMILES string of the molecule is O=C(CCc1ccncc1)NCCc1cnc(CCC(c2ccccc2)c2ccccc2)[nH]1.